The molecule has 1 aromatic heterocycles. The van der Waals surface area contributed by atoms with Crippen molar-refractivity contribution in [2.24, 2.45) is 11.8 Å². The lowest BCUT2D eigenvalue weighted by Gasteiger charge is -2.45. The second-order valence-electron chi connectivity index (χ2n) is 10.3. The molecule has 0 unspecified atom stereocenters. The van der Waals surface area contributed by atoms with Gasteiger partial charge in [0.1, 0.15) is 17.1 Å². The second-order valence-corrected chi connectivity index (χ2v) is 10.3. The minimum absolute atomic E-state index is 0.0762. The van der Waals surface area contributed by atoms with Crippen LogP contribution in [0.2, 0.25) is 0 Å². The highest BCUT2D eigenvalue weighted by Gasteiger charge is 2.53. The Bertz CT molecular complexity index is 1270. The van der Waals surface area contributed by atoms with Crippen molar-refractivity contribution in [3.63, 3.8) is 0 Å². The van der Waals surface area contributed by atoms with Crippen molar-refractivity contribution >= 4 is 0 Å². The molecule has 8 heteroatoms. The summed E-state index contributed by atoms with van der Waals surface area (Å²) < 4.78 is 18.1. The van der Waals surface area contributed by atoms with Crippen LogP contribution in [0, 0.1) is 23.2 Å². The molecule has 204 valence electrons. The minimum Gasteiger partial charge on any atom is -0.495 e. The lowest BCUT2D eigenvalue weighted by Crippen LogP contribution is -2.49. The normalized spacial score (nSPS) is 21.3. The summed E-state index contributed by atoms with van der Waals surface area (Å²) in [5.74, 6) is 0.365. The fourth-order valence-corrected chi connectivity index (χ4v) is 6.22. The van der Waals surface area contributed by atoms with E-state index in [0.717, 1.165) is 29.8 Å². The van der Waals surface area contributed by atoms with Crippen LogP contribution in [0.3, 0.4) is 0 Å². The zero-order valence-corrected chi connectivity index (χ0v) is 22.2. The van der Waals surface area contributed by atoms with E-state index in [4.69, 9.17) is 14.2 Å². The van der Waals surface area contributed by atoms with E-state index in [2.05, 4.69) is 28.1 Å². The van der Waals surface area contributed by atoms with E-state index in [1.165, 1.54) is 0 Å². The highest BCUT2D eigenvalue weighted by atomic mass is 16.5. The maximum Gasteiger partial charge on any atom is 0.146 e. The molecule has 4 atom stereocenters. The van der Waals surface area contributed by atoms with Crippen molar-refractivity contribution in [1.82, 2.24) is 9.88 Å². The summed E-state index contributed by atoms with van der Waals surface area (Å²) in [5.41, 5.74) is 2.40. The summed E-state index contributed by atoms with van der Waals surface area (Å²) in [6.07, 6.45) is 3.87. The zero-order chi connectivity index (χ0) is 27.2. The minimum atomic E-state index is -0.945. The molecule has 5 rings (SSSR count). The van der Waals surface area contributed by atoms with Crippen LogP contribution in [0.25, 0.3) is 0 Å². The number of nitriles is 1. The van der Waals surface area contributed by atoms with Crippen molar-refractivity contribution < 1.29 is 24.4 Å². The number of aromatic nitrogens is 1. The number of hydrogen-bond donors (Lipinski definition) is 2. The number of ether oxygens (including phenoxy) is 3. The molecule has 0 saturated carbocycles. The lowest BCUT2D eigenvalue weighted by atomic mass is 9.65. The highest BCUT2D eigenvalue weighted by molar-refractivity contribution is 5.51. The zero-order valence-electron chi connectivity index (χ0n) is 22.2. The largest absolute Gasteiger partial charge is 0.495 e. The van der Waals surface area contributed by atoms with Crippen LogP contribution in [-0.4, -0.2) is 73.3 Å². The van der Waals surface area contributed by atoms with E-state index in [1.807, 2.05) is 30.3 Å². The molecular formula is C31H35N3O5. The SMILES string of the molecule is COc1cncc2c1C[C@](c1ccc(C#N)cc1)([C@H](c1ccccc1)[C@@H](CO)[C@@H](CO)CN1CCOCC1)O2. The quantitative estimate of drug-likeness (QED) is 0.413. The predicted molar refractivity (Wildman–Crippen MR) is 146 cm³/mol. The Balaban J connectivity index is 1.66. The van der Waals surface area contributed by atoms with Gasteiger partial charge in [-0.05, 0) is 29.2 Å². The third-order valence-electron chi connectivity index (χ3n) is 8.17. The number of pyridine rings is 1. The first-order valence-electron chi connectivity index (χ1n) is 13.4. The number of hydrogen-bond acceptors (Lipinski definition) is 8. The van der Waals surface area contributed by atoms with Crippen LogP contribution in [0.15, 0.2) is 67.0 Å². The monoisotopic (exact) mass is 529 g/mol. The summed E-state index contributed by atoms with van der Waals surface area (Å²) in [5, 5.41) is 31.2. The van der Waals surface area contributed by atoms with Crippen LogP contribution < -0.4 is 9.47 Å². The van der Waals surface area contributed by atoms with Crippen LogP contribution in [0.5, 0.6) is 11.5 Å². The molecule has 1 saturated heterocycles. The van der Waals surface area contributed by atoms with Gasteiger partial charge < -0.3 is 24.4 Å². The molecule has 2 aliphatic heterocycles. The Hall–Kier alpha value is -3.48. The van der Waals surface area contributed by atoms with Crippen molar-refractivity contribution in [2.75, 3.05) is 53.2 Å². The van der Waals surface area contributed by atoms with Crippen LogP contribution in [0.1, 0.15) is 28.2 Å². The molecule has 3 aromatic rings. The van der Waals surface area contributed by atoms with Crippen molar-refractivity contribution in [1.29, 1.82) is 5.26 Å². The molecule has 39 heavy (non-hydrogen) atoms. The Morgan fingerprint density at radius 1 is 1.05 bits per heavy atom. The fraction of sp³-hybridized carbons (Fsp3) is 0.419. The Labute approximate surface area is 229 Å². The summed E-state index contributed by atoms with van der Waals surface area (Å²) >= 11 is 0. The van der Waals surface area contributed by atoms with Gasteiger partial charge in [-0.2, -0.15) is 5.26 Å². The first kappa shape index (κ1) is 27.1. The highest BCUT2D eigenvalue weighted by Crippen LogP contribution is 2.55. The van der Waals surface area contributed by atoms with Crippen LogP contribution >= 0.6 is 0 Å². The van der Waals surface area contributed by atoms with Gasteiger partial charge in [0.05, 0.1) is 44.3 Å². The van der Waals surface area contributed by atoms with Gasteiger partial charge in [-0.1, -0.05) is 42.5 Å². The molecule has 2 N–H and O–H groups in total. The summed E-state index contributed by atoms with van der Waals surface area (Å²) in [4.78, 5) is 6.63. The van der Waals surface area contributed by atoms with Gasteiger partial charge in [0.25, 0.3) is 0 Å². The summed E-state index contributed by atoms with van der Waals surface area (Å²) in [6.45, 7) is 3.31. The van der Waals surface area contributed by atoms with Gasteiger partial charge in [0.15, 0.2) is 0 Å². The maximum atomic E-state index is 11.0. The Morgan fingerprint density at radius 2 is 1.79 bits per heavy atom. The van der Waals surface area contributed by atoms with E-state index in [-0.39, 0.29) is 31.0 Å². The molecule has 0 aliphatic carbocycles. The molecule has 2 aromatic carbocycles. The molecule has 2 aliphatic rings. The van der Waals surface area contributed by atoms with Gasteiger partial charge in [0, 0.05) is 56.7 Å². The Morgan fingerprint density at radius 3 is 2.44 bits per heavy atom. The molecule has 8 nitrogen and oxygen atoms in total. The number of aliphatic hydroxyl groups excluding tert-OH is 2. The number of methoxy groups -OCH3 is 1. The van der Waals surface area contributed by atoms with Gasteiger partial charge in [-0.15, -0.1) is 0 Å². The van der Waals surface area contributed by atoms with E-state index < -0.39 is 5.60 Å². The smallest absolute Gasteiger partial charge is 0.146 e. The first-order chi connectivity index (χ1) is 19.1. The maximum absolute atomic E-state index is 11.0. The molecule has 3 heterocycles. The average molecular weight is 530 g/mol. The first-order valence-corrected chi connectivity index (χ1v) is 13.4. The number of benzene rings is 2. The van der Waals surface area contributed by atoms with E-state index in [0.29, 0.717) is 43.2 Å². The van der Waals surface area contributed by atoms with Crippen molar-refractivity contribution in [2.45, 2.75) is 17.9 Å². The number of morpholine rings is 1. The molecule has 0 bridgehead atoms. The standard InChI is InChI=1S/C31H35N3O5/c1-37-28-17-33-18-29-26(28)15-31(39-29,25-9-7-22(16-32)8-10-25)30(23-5-3-2-4-6-23)27(21-36)24(20-35)19-34-11-13-38-14-12-34/h2-10,17-18,24,27,30,35-36H,11-15,19-21H2,1H3/t24-,27+,30-,31+/m1/s1. The third-order valence-corrected chi connectivity index (χ3v) is 8.17. The summed E-state index contributed by atoms with van der Waals surface area (Å²) in [7, 11) is 1.62. The Kier molecular flexibility index (Phi) is 8.44. The topological polar surface area (TPSA) is 108 Å². The number of nitrogens with zero attached hydrogens (tertiary/aromatic N) is 3. The van der Waals surface area contributed by atoms with E-state index >= 15 is 0 Å². The van der Waals surface area contributed by atoms with Gasteiger partial charge in [-0.25, -0.2) is 0 Å². The molecule has 1 fully saturated rings. The van der Waals surface area contributed by atoms with Crippen LogP contribution in [0.4, 0.5) is 0 Å². The van der Waals surface area contributed by atoms with Crippen molar-refractivity contribution in [3.05, 3.63) is 89.2 Å². The predicted octanol–water partition coefficient (Wildman–Crippen LogP) is 3.13. The fourth-order valence-electron chi connectivity index (χ4n) is 6.22. The second kappa shape index (κ2) is 12.1. The molecule has 0 radical (unpaired) electrons. The van der Waals surface area contributed by atoms with Gasteiger partial charge in [-0.3, -0.25) is 9.88 Å². The van der Waals surface area contributed by atoms with E-state index in [9.17, 15) is 15.5 Å². The number of fused-ring (bicyclic) bond motifs is 1. The van der Waals surface area contributed by atoms with Gasteiger partial charge in [0.2, 0.25) is 0 Å². The number of rotatable bonds is 10. The number of aliphatic hydroxyl groups is 2. The summed E-state index contributed by atoms with van der Waals surface area (Å²) in [6, 6.07) is 19.7. The molecule has 0 amide bonds. The van der Waals surface area contributed by atoms with Crippen molar-refractivity contribution in [3.8, 4) is 17.6 Å². The third kappa shape index (κ3) is 5.36. The molecule has 0 spiro atoms. The molecular weight excluding hydrogens is 494 g/mol. The lowest BCUT2D eigenvalue weighted by molar-refractivity contribution is -0.0263. The average Bonchev–Trinajstić information content (AvgIpc) is 3.40. The van der Waals surface area contributed by atoms with Gasteiger partial charge >= 0.3 is 0 Å². The van der Waals surface area contributed by atoms with Crippen LogP contribution in [-0.2, 0) is 16.8 Å². The van der Waals surface area contributed by atoms with E-state index in [1.54, 1.807) is 31.6 Å².